The number of amides is 1. The smallest absolute Gasteiger partial charge is 0.407 e. The minimum Gasteiger partial charge on any atom is -0.445 e. The number of carbonyl (C=O) groups is 1. The zero-order chi connectivity index (χ0) is 16.9. The third-order valence-corrected chi connectivity index (χ3v) is 4.01. The van der Waals surface area contributed by atoms with E-state index in [0.29, 0.717) is 11.3 Å². The molecule has 0 fully saturated rings. The molecule has 0 aliphatic rings. The van der Waals surface area contributed by atoms with Gasteiger partial charge in [0.05, 0.1) is 0 Å². The molecule has 0 unspecified atom stereocenters. The van der Waals surface area contributed by atoms with Crippen LogP contribution < -0.4 is 10.5 Å². The van der Waals surface area contributed by atoms with E-state index in [9.17, 15) is 13.2 Å². The van der Waals surface area contributed by atoms with Crippen molar-refractivity contribution in [1.82, 2.24) is 10.3 Å². The minimum absolute atomic E-state index is 0.0931. The van der Waals surface area contributed by atoms with Crippen molar-refractivity contribution in [3.05, 3.63) is 59.4 Å². The summed E-state index contributed by atoms with van der Waals surface area (Å²) < 4.78 is 27.7. The third kappa shape index (κ3) is 5.04. The molecule has 0 saturated carbocycles. The van der Waals surface area contributed by atoms with Crippen molar-refractivity contribution in [3.63, 3.8) is 0 Å². The molecule has 1 aromatic heterocycles. The number of hydrogen-bond donors (Lipinski definition) is 2. The van der Waals surface area contributed by atoms with Gasteiger partial charge in [-0.05, 0) is 24.1 Å². The van der Waals surface area contributed by atoms with Crippen LogP contribution in [-0.2, 0) is 27.9 Å². The zero-order valence-corrected chi connectivity index (χ0v) is 13.3. The molecule has 0 saturated heterocycles. The van der Waals surface area contributed by atoms with E-state index < -0.39 is 16.1 Å². The first-order valence-corrected chi connectivity index (χ1v) is 8.34. The van der Waals surface area contributed by atoms with Crippen molar-refractivity contribution in [2.24, 2.45) is 5.14 Å². The van der Waals surface area contributed by atoms with E-state index in [1.165, 1.54) is 12.3 Å². The predicted octanol–water partition coefficient (Wildman–Crippen LogP) is 1.46. The summed E-state index contributed by atoms with van der Waals surface area (Å²) >= 11 is 0. The highest BCUT2D eigenvalue weighted by Gasteiger charge is 2.12. The Hall–Kier alpha value is -2.45. The van der Waals surface area contributed by atoms with Gasteiger partial charge in [0.1, 0.15) is 11.5 Å². The van der Waals surface area contributed by atoms with Gasteiger partial charge in [-0.25, -0.2) is 18.4 Å². The number of aromatic nitrogens is 1. The quantitative estimate of drug-likeness (QED) is 0.859. The van der Waals surface area contributed by atoms with E-state index in [1.807, 2.05) is 30.3 Å². The average Bonchev–Trinajstić information content (AvgIpc) is 2.52. The molecule has 122 valence electrons. The van der Waals surface area contributed by atoms with Crippen LogP contribution in [0.2, 0.25) is 0 Å². The summed E-state index contributed by atoms with van der Waals surface area (Å²) in [6.45, 7) is 1.95. The van der Waals surface area contributed by atoms with Gasteiger partial charge in [0.15, 0.2) is 0 Å². The van der Waals surface area contributed by atoms with Crippen LogP contribution in [0.25, 0.3) is 0 Å². The van der Waals surface area contributed by atoms with Crippen molar-refractivity contribution < 1.29 is 17.9 Å². The third-order valence-electron chi connectivity index (χ3n) is 3.13. The Morgan fingerprint density at radius 1 is 1.30 bits per heavy atom. The maximum Gasteiger partial charge on any atom is 0.407 e. The second-order valence-electron chi connectivity index (χ2n) is 4.88. The molecule has 23 heavy (non-hydrogen) atoms. The molecule has 1 amide bonds. The number of sulfonamides is 1. The second-order valence-corrected chi connectivity index (χ2v) is 6.44. The maximum atomic E-state index is 11.7. The molecule has 1 heterocycles. The van der Waals surface area contributed by atoms with Gasteiger partial charge in [-0.3, -0.25) is 4.98 Å². The van der Waals surface area contributed by atoms with Crippen LogP contribution in [0.5, 0.6) is 0 Å². The zero-order valence-electron chi connectivity index (χ0n) is 12.5. The number of primary sulfonamides is 1. The molecule has 0 spiro atoms. The Balaban J connectivity index is 1.94. The minimum atomic E-state index is -3.83. The molecule has 2 rings (SSSR count). The summed E-state index contributed by atoms with van der Waals surface area (Å²) in [5.41, 5.74) is 2.02. The number of nitrogens with two attached hydrogens (primary N) is 1. The summed E-state index contributed by atoms with van der Waals surface area (Å²) in [4.78, 5) is 15.6. The van der Waals surface area contributed by atoms with Crippen LogP contribution in [0.1, 0.15) is 16.8 Å². The normalized spacial score (nSPS) is 11.0. The van der Waals surface area contributed by atoms with Crippen LogP contribution in [-0.4, -0.2) is 19.5 Å². The van der Waals surface area contributed by atoms with E-state index >= 15 is 0 Å². The highest BCUT2D eigenvalue weighted by molar-refractivity contribution is 7.89. The monoisotopic (exact) mass is 335 g/mol. The first-order chi connectivity index (χ1) is 10.9. The van der Waals surface area contributed by atoms with Gasteiger partial charge in [-0.2, -0.15) is 0 Å². The van der Waals surface area contributed by atoms with Crippen molar-refractivity contribution in [2.75, 3.05) is 0 Å². The molecule has 0 radical (unpaired) electrons. The summed E-state index contributed by atoms with van der Waals surface area (Å²) in [6, 6.07) is 10.6. The van der Waals surface area contributed by atoms with Crippen LogP contribution in [0.4, 0.5) is 4.79 Å². The first kappa shape index (κ1) is 16.9. The highest BCUT2D eigenvalue weighted by atomic mass is 32.2. The number of aryl methyl sites for hydroxylation is 1. The molecule has 7 nitrogen and oxygen atoms in total. The molecule has 0 aliphatic carbocycles. The average molecular weight is 335 g/mol. The lowest BCUT2D eigenvalue weighted by Gasteiger charge is -2.09. The van der Waals surface area contributed by atoms with E-state index in [-0.39, 0.29) is 18.0 Å². The summed E-state index contributed by atoms with van der Waals surface area (Å²) in [6.07, 6.45) is 0.580. The lowest BCUT2D eigenvalue weighted by Crippen LogP contribution is -2.24. The van der Waals surface area contributed by atoms with Gasteiger partial charge in [0.2, 0.25) is 10.0 Å². The number of alkyl carbamates (subject to hydrolysis) is 1. The number of benzene rings is 1. The standard InChI is InChI=1S/C15H17N3O4S/c1-11-13(7-14(9-17-11)23(16,20)21)8-18-15(19)22-10-12-5-3-2-4-6-12/h2-7,9H,8,10H2,1H3,(H,18,19)(H2,16,20,21). The maximum absolute atomic E-state index is 11.7. The van der Waals surface area contributed by atoms with Gasteiger partial charge in [-0.1, -0.05) is 30.3 Å². The van der Waals surface area contributed by atoms with Gasteiger partial charge in [-0.15, -0.1) is 0 Å². The van der Waals surface area contributed by atoms with Gasteiger partial charge in [0, 0.05) is 18.4 Å². The van der Waals surface area contributed by atoms with Crippen LogP contribution in [0, 0.1) is 6.92 Å². The predicted molar refractivity (Wildman–Crippen MR) is 83.8 cm³/mol. The SMILES string of the molecule is Cc1ncc(S(N)(=O)=O)cc1CNC(=O)OCc1ccccc1. The molecule has 0 bridgehead atoms. The fraction of sp³-hybridized carbons (Fsp3) is 0.200. The van der Waals surface area contributed by atoms with E-state index in [1.54, 1.807) is 6.92 Å². The lowest BCUT2D eigenvalue weighted by molar-refractivity contribution is 0.139. The number of carbonyl (C=O) groups excluding carboxylic acids is 1. The first-order valence-electron chi connectivity index (χ1n) is 6.79. The van der Waals surface area contributed by atoms with Gasteiger partial charge in [0.25, 0.3) is 0 Å². The highest BCUT2D eigenvalue weighted by Crippen LogP contribution is 2.11. The fourth-order valence-electron chi connectivity index (χ4n) is 1.83. The van der Waals surface area contributed by atoms with Gasteiger partial charge >= 0.3 is 6.09 Å². The Bertz CT molecular complexity index is 792. The largest absolute Gasteiger partial charge is 0.445 e. The fourth-order valence-corrected chi connectivity index (χ4v) is 2.34. The number of nitrogens with one attached hydrogen (secondary N) is 1. The second kappa shape index (κ2) is 7.21. The topological polar surface area (TPSA) is 111 Å². The van der Waals surface area contributed by atoms with E-state index in [0.717, 1.165) is 5.56 Å². The number of hydrogen-bond acceptors (Lipinski definition) is 5. The van der Waals surface area contributed by atoms with Crippen LogP contribution in [0.15, 0.2) is 47.5 Å². The molecule has 2 aromatic rings. The molecule has 8 heteroatoms. The number of rotatable bonds is 5. The molecule has 1 aromatic carbocycles. The summed E-state index contributed by atoms with van der Waals surface area (Å²) in [5.74, 6) is 0. The van der Waals surface area contributed by atoms with Crippen molar-refractivity contribution >= 4 is 16.1 Å². The molecule has 3 N–H and O–H groups in total. The van der Waals surface area contributed by atoms with Gasteiger partial charge < -0.3 is 10.1 Å². The Labute approximate surface area is 134 Å². The van der Waals surface area contributed by atoms with E-state index in [4.69, 9.17) is 9.88 Å². The van der Waals surface area contributed by atoms with E-state index in [2.05, 4.69) is 10.3 Å². The van der Waals surface area contributed by atoms with Crippen LogP contribution >= 0.6 is 0 Å². The van der Waals surface area contributed by atoms with Crippen molar-refractivity contribution in [2.45, 2.75) is 25.0 Å². The van der Waals surface area contributed by atoms with Crippen molar-refractivity contribution in [1.29, 1.82) is 0 Å². The summed E-state index contributed by atoms with van der Waals surface area (Å²) in [5, 5.41) is 7.62. The molecular formula is C15H17N3O4S. The number of ether oxygens (including phenoxy) is 1. The van der Waals surface area contributed by atoms with Crippen molar-refractivity contribution in [3.8, 4) is 0 Å². The Kier molecular flexibility index (Phi) is 5.30. The molecule has 0 aliphatic heterocycles. The Morgan fingerprint density at radius 2 is 2.00 bits per heavy atom. The molecule has 0 atom stereocenters. The molecular weight excluding hydrogens is 318 g/mol. The summed E-state index contributed by atoms with van der Waals surface area (Å²) in [7, 11) is -3.83. The van der Waals surface area contributed by atoms with Crippen LogP contribution in [0.3, 0.4) is 0 Å². The number of pyridine rings is 1. The number of nitrogens with zero attached hydrogens (tertiary/aromatic N) is 1. The lowest BCUT2D eigenvalue weighted by atomic mass is 10.2. The Morgan fingerprint density at radius 3 is 2.65 bits per heavy atom.